The Labute approximate surface area is 219 Å². The van der Waals surface area contributed by atoms with E-state index in [1.807, 2.05) is 43.6 Å². The van der Waals surface area contributed by atoms with Crippen molar-refractivity contribution in [1.82, 2.24) is 19.9 Å². The Balaban J connectivity index is 0.000000254. The number of pyridine rings is 4. The maximum absolute atomic E-state index is 4.51. The van der Waals surface area contributed by atoms with Gasteiger partial charge < -0.3 is 0 Å². The summed E-state index contributed by atoms with van der Waals surface area (Å²) in [7, 11) is 0. The van der Waals surface area contributed by atoms with E-state index in [1.54, 1.807) is 12.4 Å². The molecule has 4 heterocycles. The van der Waals surface area contributed by atoms with Crippen LogP contribution in [0, 0.1) is 6.92 Å². The number of rotatable bonds is 1. The van der Waals surface area contributed by atoms with Crippen LogP contribution in [0.3, 0.4) is 0 Å². The van der Waals surface area contributed by atoms with Crippen LogP contribution in [0.4, 0.5) is 0 Å². The summed E-state index contributed by atoms with van der Waals surface area (Å²) in [5.41, 5.74) is 2.98. The molecule has 0 unspecified atom stereocenters. The molecule has 4 aromatic rings. The van der Waals surface area contributed by atoms with Gasteiger partial charge in [0.1, 0.15) is 0 Å². The first kappa shape index (κ1) is 30.5. The molecule has 0 spiro atoms. The van der Waals surface area contributed by atoms with E-state index in [2.05, 4.69) is 76.5 Å². The molecule has 0 aliphatic rings. The van der Waals surface area contributed by atoms with Crippen molar-refractivity contribution in [2.45, 2.75) is 51.4 Å². The summed E-state index contributed by atoms with van der Waals surface area (Å²) < 4.78 is 1.32. The molecule has 0 radical (unpaired) electrons. The zero-order chi connectivity index (χ0) is 25.0. The minimum atomic E-state index is -2.00. The molecule has 4 aromatic heterocycles. The number of nitrogens with zero attached hydrogens (tertiary/aromatic N) is 4. The third kappa shape index (κ3) is 13.3. The van der Waals surface area contributed by atoms with Crippen molar-refractivity contribution in [3.05, 3.63) is 66.9 Å². The second kappa shape index (κ2) is 15.5. The van der Waals surface area contributed by atoms with Crippen LogP contribution in [-0.4, -0.2) is 77.8 Å². The second-order valence-electron chi connectivity index (χ2n) is 10.5. The van der Waals surface area contributed by atoms with Crippen molar-refractivity contribution in [2.24, 2.45) is 0 Å². The Morgan fingerprint density at radius 3 is 1.52 bits per heavy atom. The molecule has 4 rings (SSSR count). The monoisotopic (exact) mass is 770 g/mol. The second-order valence-corrected chi connectivity index (χ2v) is 44.6. The summed E-state index contributed by atoms with van der Waals surface area (Å²) in [6, 6.07) is 12.3. The molecule has 0 fully saturated rings. The first-order valence-electron chi connectivity index (χ1n) is 11.8. The first-order chi connectivity index (χ1) is 15.4. The van der Waals surface area contributed by atoms with Gasteiger partial charge in [0, 0.05) is 17.3 Å². The van der Waals surface area contributed by atoms with E-state index < -0.39 is 57.9 Å². The average molecular weight is 767 g/mol. The predicted molar refractivity (Wildman–Crippen MR) is 156 cm³/mol. The van der Waals surface area contributed by atoms with Crippen LogP contribution >= 0.6 is 0 Å². The molecule has 0 saturated carbocycles. The fourth-order valence-corrected chi connectivity index (χ4v) is 5.44. The van der Waals surface area contributed by atoms with Crippen LogP contribution in [0.2, 0.25) is 44.5 Å². The molecule has 0 bridgehead atoms. The molecule has 0 amide bonds. The topological polar surface area (TPSA) is 51.6 Å². The zero-order valence-corrected chi connectivity index (χ0v) is 31.7. The summed E-state index contributed by atoms with van der Waals surface area (Å²) in [4.78, 5) is 38.5. The number of fused-ring (bicyclic) bond motifs is 2. The van der Waals surface area contributed by atoms with Crippen molar-refractivity contribution in [3.63, 3.8) is 0 Å². The molecule has 4 nitrogen and oxygen atoms in total. The van der Waals surface area contributed by atoms with Crippen molar-refractivity contribution >= 4 is 83.4 Å². The Morgan fingerprint density at radius 1 is 0.636 bits per heavy atom. The van der Waals surface area contributed by atoms with E-state index in [-0.39, 0.29) is 0 Å². The normalized spacial score (nSPS) is 10.7. The van der Waals surface area contributed by atoms with Gasteiger partial charge in [-0.05, 0) is 19.1 Å². The Hall–Kier alpha value is -0.484. The number of hydrogen-bond acceptors (Lipinski definition) is 4. The SMILES string of the molecule is Cc1cc2cccnc2cn1.[CH3][SnH]([CH3])[CH3].[CH3][SnH]([CH3])[CH3].[CH3][Sn]([CH3])([CH3])[c]1cc2cccnc2cn1. The van der Waals surface area contributed by atoms with E-state index in [0.29, 0.717) is 0 Å². The van der Waals surface area contributed by atoms with Crippen LogP contribution < -0.4 is 3.71 Å². The molecular formula is C26H42N4Sn3. The quantitative estimate of drug-likeness (QED) is 0.213. The molecule has 0 atom stereocenters. The fraction of sp³-hybridized carbons (Fsp3) is 0.385. The van der Waals surface area contributed by atoms with Gasteiger partial charge in [0.2, 0.25) is 0 Å². The van der Waals surface area contributed by atoms with E-state index in [1.165, 1.54) is 9.10 Å². The Bertz CT molecular complexity index is 1100. The molecule has 0 saturated heterocycles. The molecule has 33 heavy (non-hydrogen) atoms. The molecule has 0 aliphatic heterocycles. The summed E-state index contributed by atoms with van der Waals surface area (Å²) in [5.74, 6) is 0. The van der Waals surface area contributed by atoms with Gasteiger partial charge in [0.15, 0.2) is 0 Å². The van der Waals surface area contributed by atoms with Gasteiger partial charge in [-0.2, -0.15) is 0 Å². The fourth-order valence-electron chi connectivity index (χ4n) is 2.47. The van der Waals surface area contributed by atoms with Gasteiger partial charge in [-0.25, -0.2) is 0 Å². The van der Waals surface area contributed by atoms with E-state index in [0.717, 1.165) is 22.1 Å². The molecule has 7 heteroatoms. The van der Waals surface area contributed by atoms with Gasteiger partial charge in [0.25, 0.3) is 0 Å². The Kier molecular flexibility index (Phi) is 14.3. The summed E-state index contributed by atoms with van der Waals surface area (Å²) in [6.07, 6.45) is 7.28. The van der Waals surface area contributed by atoms with Crippen LogP contribution in [0.5, 0.6) is 0 Å². The van der Waals surface area contributed by atoms with Gasteiger partial charge in [-0.1, -0.05) is 6.07 Å². The molecule has 0 aliphatic carbocycles. The first-order valence-corrected chi connectivity index (χ1v) is 41.5. The minimum absolute atomic E-state index is 0.637. The van der Waals surface area contributed by atoms with Gasteiger partial charge in [-0.15, -0.1) is 0 Å². The van der Waals surface area contributed by atoms with Gasteiger partial charge in [-0.3, -0.25) is 9.97 Å². The standard InChI is InChI=1S/C9H8N2.C8H5N2.9CH3.3Sn.2H/c1-7-5-8-3-2-4-10-9(8)6-11-7;1-2-7-3-5-9-6-8(7)10-4-1;;;;;;;;;;;;;;/h2-6H,1H3;1-4,6H;9*1H3;;;;;. The van der Waals surface area contributed by atoms with Crippen molar-refractivity contribution in [1.29, 1.82) is 0 Å². The van der Waals surface area contributed by atoms with Gasteiger partial charge >= 0.3 is 158 Å². The zero-order valence-electron chi connectivity index (χ0n) is 22.2. The third-order valence-electron chi connectivity index (χ3n) is 3.88. The van der Waals surface area contributed by atoms with Crippen LogP contribution in [0.15, 0.2) is 61.2 Å². The third-order valence-corrected chi connectivity index (χ3v) is 9.05. The number of hydrogen-bond donors (Lipinski definition) is 0. The predicted octanol–water partition coefficient (Wildman–Crippen LogP) is 6.32. The average Bonchev–Trinajstić information content (AvgIpc) is 2.72. The maximum atomic E-state index is 4.51. The van der Waals surface area contributed by atoms with Crippen LogP contribution in [0.25, 0.3) is 21.8 Å². The van der Waals surface area contributed by atoms with Crippen molar-refractivity contribution < 1.29 is 0 Å². The summed E-state index contributed by atoms with van der Waals surface area (Å²) >= 11 is -3.27. The van der Waals surface area contributed by atoms with Crippen LogP contribution in [-0.2, 0) is 0 Å². The number of aryl methyl sites for hydroxylation is 1. The van der Waals surface area contributed by atoms with E-state index >= 15 is 0 Å². The number of aromatic nitrogens is 4. The molecular weight excluding hydrogens is 724 g/mol. The van der Waals surface area contributed by atoms with E-state index in [4.69, 9.17) is 0 Å². The molecule has 0 aromatic carbocycles. The molecule has 178 valence electrons. The van der Waals surface area contributed by atoms with Crippen molar-refractivity contribution in [3.8, 4) is 0 Å². The van der Waals surface area contributed by atoms with Gasteiger partial charge in [0.05, 0.1) is 11.7 Å². The summed E-state index contributed by atoms with van der Waals surface area (Å²) in [5, 5.41) is 2.36. The summed E-state index contributed by atoms with van der Waals surface area (Å²) in [6.45, 7) is 1.98. The van der Waals surface area contributed by atoms with Crippen molar-refractivity contribution in [2.75, 3.05) is 0 Å². The van der Waals surface area contributed by atoms with E-state index in [9.17, 15) is 0 Å². The van der Waals surface area contributed by atoms with Crippen LogP contribution in [0.1, 0.15) is 5.69 Å². The molecule has 0 N–H and O–H groups in total. The Morgan fingerprint density at radius 2 is 1.06 bits per heavy atom.